The summed E-state index contributed by atoms with van der Waals surface area (Å²) >= 11 is 3.48. The molecule has 1 fully saturated rings. The number of nitrogens with one attached hydrogen (secondary N) is 1. The first kappa shape index (κ1) is 20.8. The molecule has 5 heteroatoms. The topological polar surface area (TPSA) is 44.7 Å². The fourth-order valence-electron chi connectivity index (χ4n) is 3.91. The summed E-state index contributed by atoms with van der Waals surface area (Å²) in [4.78, 5) is 15.0. The molecule has 1 amide bonds. The van der Waals surface area contributed by atoms with Gasteiger partial charge in [0.1, 0.15) is 0 Å². The first-order valence-corrected chi connectivity index (χ1v) is 11.2. The maximum absolute atomic E-state index is 12.6. The van der Waals surface area contributed by atoms with Gasteiger partial charge in [-0.25, -0.2) is 5.43 Å². The Morgan fingerprint density at radius 3 is 2.47 bits per heavy atom. The number of rotatable bonds is 5. The van der Waals surface area contributed by atoms with Crippen molar-refractivity contribution in [3.63, 3.8) is 0 Å². The Labute approximate surface area is 186 Å². The van der Waals surface area contributed by atoms with Crippen LogP contribution in [0.1, 0.15) is 30.9 Å². The summed E-state index contributed by atoms with van der Waals surface area (Å²) < 4.78 is 1.10. The lowest BCUT2D eigenvalue weighted by Gasteiger charge is -2.30. The molecule has 1 N–H and O–H groups in total. The summed E-state index contributed by atoms with van der Waals surface area (Å²) in [5.74, 6) is 0.0535. The molecule has 0 spiro atoms. The Bertz CT molecular complexity index is 1050. The maximum atomic E-state index is 12.6. The van der Waals surface area contributed by atoms with Gasteiger partial charge in [-0.2, -0.15) is 5.10 Å². The number of carbonyl (C=O) groups excluding carboxylic acids is 1. The van der Waals surface area contributed by atoms with E-state index in [0.717, 1.165) is 48.2 Å². The van der Waals surface area contributed by atoms with Gasteiger partial charge in [-0.15, -0.1) is 0 Å². The van der Waals surface area contributed by atoms with Crippen molar-refractivity contribution >= 4 is 38.3 Å². The fraction of sp³-hybridized carbons (Fsp3) is 0.280. The van der Waals surface area contributed by atoms with Crippen LogP contribution in [0.2, 0.25) is 0 Å². The fourth-order valence-corrected chi connectivity index (χ4v) is 4.17. The van der Waals surface area contributed by atoms with Gasteiger partial charge in [0.2, 0.25) is 5.91 Å². The molecule has 30 heavy (non-hydrogen) atoms. The smallest absolute Gasteiger partial charge is 0.243 e. The molecule has 4 rings (SSSR count). The Morgan fingerprint density at radius 2 is 1.73 bits per heavy atom. The third-order valence-electron chi connectivity index (χ3n) is 5.78. The highest BCUT2D eigenvalue weighted by molar-refractivity contribution is 9.10. The molecule has 1 heterocycles. The van der Waals surface area contributed by atoms with Crippen LogP contribution < -0.4 is 5.43 Å². The molecule has 1 saturated heterocycles. The number of amides is 1. The monoisotopic (exact) mass is 463 g/mol. The number of piperidine rings is 1. The number of fused-ring (bicyclic) bond motifs is 1. The number of likely N-dealkylation sites (tertiary alicyclic amines) is 1. The first-order chi connectivity index (χ1) is 14.6. The second kappa shape index (κ2) is 9.54. The number of hydrazone groups is 1. The van der Waals surface area contributed by atoms with Gasteiger partial charge in [-0.3, -0.25) is 9.69 Å². The molecule has 0 aromatic heterocycles. The third-order valence-corrected chi connectivity index (χ3v) is 6.31. The van der Waals surface area contributed by atoms with Crippen LogP contribution in [-0.2, 0) is 11.3 Å². The molecule has 0 radical (unpaired) electrons. The number of hydrogen-bond acceptors (Lipinski definition) is 3. The maximum Gasteiger partial charge on any atom is 0.243 e. The number of carbonyl (C=O) groups is 1. The molecule has 3 aromatic carbocycles. The summed E-state index contributed by atoms with van der Waals surface area (Å²) in [5.41, 5.74) is 5.94. The van der Waals surface area contributed by atoms with Gasteiger partial charge < -0.3 is 0 Å². The van der Waals surface area contributed by atoms with E-state index in [2.05, 4.69) is 79.9 Å². The molecule has 4 nitrogen and oxygen atoms in total. The highest BCUT2D eigenvalue weighted by Gasteiger charge is 2.24. The van der Waals surface area contributed by atoms with Crippen molar-refractivity contribution in [1.82, 2.24) is 10.3 Å². The normalized spacial score (nSPS) is 16.0. The minimum Gasteiger partial charge on any atom is -0.299 e. The molecule has 1 aliphatic heterocycles. The molecular formula is C25H26BrN3O. The molecule has 0 aliphatic carbocycles. The largest absolute Gasteiger partial charge is 0.299 e. The third kappa shape index (κ3) is 5.15. The summed E-state index contributed by atoms with van der Waals surface area (Å²) in [7, 11) is 0. The van der Waals surface area contributed by atoms with E-state index in [1.54, 1.807) is 0 Å². The van der Waals surface area contributed by atoms with Crippen molar-refractivity contribution in [2.75, 3.05) is 13.1 Å². The first-order valence-electron chi connectivity index (χ1n) is 10.4. The van der Waals surface area contributed by atoms with Crippen LogP contribution in [0.4, 0.5) is 0 Å². The van der Waals surface area contributed by atoms with Crippen LogP contribution >= 0.6 is 15.9 Å². The van der Waals surface area contributed by atoms with Crippen molar-refractivity contribution < 1.29 is 4.79 Å². The Kier molecular flexibility index (Phi) is 6.60. The van der Waals surface area contributed by atoms with Crippen molar-refractivity contribution in [2.24, 2.45) is 11.0 Å². The Hall–Kier alpha value is -2.50. The lowest BCUT2D eigenvalue weighted by molar-refractivity contribution is -0.126. The van der Waals surface area contributed by atoms with E-state index in [1.807, 2.05) is 25.1 Å². The zero-order valence-corrected chi connectivity index (χ0v) is 18.7. The van der Waals surface area contributed by atoms with Gasteiger partial charge in [-0.1, -0.05) is 64.5 Å². The van der Waals surface area contributed by atoms with Crippen molar-refractivity contribution in [2.45, 2.75) is 26.3 Å². The van der Waals surface area contributed by atoms with Gasteiger partial charge in [-0.05, 0) is 73.0 Å². The number of halogens is 1. The van der Waals surface area contributed by atoms with Gasteiger partial charge in [0.25, 0.3) is 0 Å². The average Bonchev–Trinajstić information content (AvgIpc) is 2.79. The number of benzene rings is 3. The number of hydrogen-bond donors (Lipinski definition) is 1. The standard InChI is InChI=1S/C25H26BrN3O/c1-18(22-9-8-20-4-2-3-5-23(20)16-22)27-28-25(30)21-12-14-29(15-13-21)17-19-6-10-24(26)11-7-19/h2-11,16,21H,12-15,17H2,1H3,(H,28,30)/b27-18-. The van der Waals surface area contributed by atoms with E-state index in [-0.39, 0.29) is 11.8 Å². The molecular weight excluding hydrogens is 438 g/mol. The van der Waals surface area contributed by atoms with Crippen LogP contribution in [-0.4, -0.2) is 29.6 Å². The minimum atomic E-state index is 0.0263. The summed E-state index contributed by atoms with van der Waals surface area (Å²) in [5, 5.41) is 6.75. The lowest BCUT2D eigenvalue weighted by atomic mass is 9.96. The molecule has 1 aliphatic rings. The van der Waals surface area contributed by atoms with Gasteiger partial charge in [0.15, 0.2) is 0 Å². The van der Waals surface area contributed by atoms with Crippen LogP contribution in [0.15, 0.2) is 76.3 Å². The second-order valence-corrected chi connectivity index (χ2v) is 8.83. The summed E-state index contributed by atoms with van der Waals surface area (Å²) in [6.07, 6.45) is 1.74. The van der Waals surface area contributed by atoms with Crippen LogP contribution in [0.25, 0.3) is 10.8 Å². The molecule has 0 bridgehead atoms. The quantitative estimate of drug-likeness (QED) is 0.409. The van der Waals surface area contributed by atoms with E-state index < -0.39 is 0 Å². The van der Waals surface area contributed by atoms with Crippen molar-refractivity contribution in [3.05, 3.63) is 82.3 Å². The Balaban J connectivity index is 1.30. The van der Waals surface area contributed by atoms with Crippen LogP contribution in [0.3, 0.4) is 0 Å². The van der Waals surface area contributed by atoms with E-state index in [1.165, 1.54) is 16.3 Å². The van der Waals surface area contributed by atoms with Crippen molar-refractivity contribution in [1.29, 1.82) is 0 Å². The van der Waals surface area contributed by atoms with Crippen LogP contribution in [0.5, 0.6) is 0 Å². The summed E-state index contributed by atoms with van der Waals surface area (Å²) in [6.45, 7) is 4.73. The molecule has 3 aromatic rings. The van der Waals surface area contributed by atoms with Gasteiger partial charge in [0, 0.05) is 16.9 Å². The molecule has 154 valence electrons. The predicted molar refractivity (Wildman–Crippen MR) is 126 cm³/mol. The van der Waals surface area contributed by atoms with E-state index in [4.69, 9.17) is 0 Å². The number of nitrogens with zero attached hydrogens (tertiary/aromatic N) is 2. The summed E-state index contributed by atoms with van der Waals surface area (Å²) in [6, 6.07) is 22.9. The second-order valence-electron chi connectivity index (χ2n) is 7.91. The highest BCUT2D eigenvalue weighted by atomic mass is 79.9. The zero-order valence-electron chi connectivity index (χ0n) is 17.1. The van der Waals surface area contributed by atoms with Gasteiger partial charge >= 0.3 is 0 Å². The molecule has 0 unspecified atom stereocenters. The van der Waals surface area contributed by atoms with Gasteiger partial charge in [0.05, 0.1) is 5.71 Å². The Morgan fingerprint density at radius 1 is 1.03 bits per heavy atom. The molecule has 0 atom stereocenters. The lowest BCUT2D eigenvalue weighted by Crippen LogP contribution is -2.39. The zero-order chi connectivity index (χ0) is 20.9. The van der Waals surface area contributed by atoms with Crippen molar-refractivity contribution in [3.8, 4) is 0 Å². The average molecular weight is 464 g/mol. The minimum absolute atomic E-state index is 0.0263. The van der Waals surface area contributed by atoms with E-state index in [0.29, 0.717) is 0 Å². The van der Waals surface area contributed by atoms with E-state index in [9.17, 15) is 4.79 Å². The predicted octanol–water partition coefficient (Wildman–Crippen LogP) is 5.35. The SMILES string of the molecule is C/C(=N/NC(=O)C1CCN(Cc2ccc(Br)cc2)CC1)c1ccc2ccccc2c1. The highest BCUT2D eigenvalue weighted by Crippen LogP contribution is 2.20. The molecule has 0 saturated carbocycles. The van der Waals surface area contributed by atoms with E-state index >= 15 is 0 Å². The van der Waals surface area contributed by atoms with Crippen LogP contribution in [0, 0.1) is 5.92 Å².